The number of rotatable bonds is 7. The van der Waals surface area contributed by atoms with E-state index in [1.54, 1.807) is 26.1 Å². The van der Waals surface area contributed by atoms with Gasteiger partial charge in [-0.25, -0.2) is 8.42 Å². The van der Waals surface area contributed by atoms with Crippen molar-refractivity contribution in [2.75, 3.05) is 26.9 Å². The first-order valence-electron chi connectivity index (χ1n) is 10.4. The number of sulfone groups is 1. The molecule has 0 amide bonds. The summed E-state index contributed by atoms with van der Waals surface area (Å²) in [6.45, 7) is 11.2. The number of aryl methyl sites for hydroxylation is 1. The second-order valence-corrected chi connectivity index (χ2v) is 8.84. The van der Waals surface area contributed by atoms with Crippen molar-refractivity contribution in [3.63, 3.8) is 0 Å². The Hall–Kier alpha value is -1.80. The lowest BCUT2D eigenvalue weighted by Crippen LogP contribution is -2.31. The Bertz CT molecular complexity index is 799. The third kappa shape index (κ3) is 10.9. The molecule has 0 aromatic heterocycles. The molecule has 1 N–H and O–H groups in total. The fourth-order valence-electron chi connectivity index (χ4n) is 2.70. The molecule has 31 heavy (non-hydrogen) atoms. The highest BCUT2D eigenvalue weighted by Gasteiger charge is 2.35. The van der Waals surface area contributed by atoms with E-state index < -0.39 is 21.7 Å². The lowest BCUT2D eigenvalue weighted by molar-refractivity contribution is -0.108. The SMILES string of the molecule is C/C=C(/CC)C(/C=C(\N(C)C)C(F)(F)F)NC.CC.CCS(=O)(=O)c1ccccc1C. The molecule has 0 fully saturated rings. The quantitative estimate of drug-likeness (QED) is 0.522. The van der Waals surface area contributed by atoms with Crippen molar-refractivity contribution in [2.45, 2.75) is 65.1 Å². The van der Waals surface area contributed by atoms with Crippen molar-refractivity contribution in [3.05, 3.63) is 53.3 Å². The maximum atomic E-state index is 12.8. The Labute approximate surface area is 187 Å². The van der Waals surface area contributed by atoms with Crippen LogP contribution in [0.2, 0.25) is 0 Å². The topological polar surface area (TPSA) is 49.4 Å². The van der Waals surface area contributed by atoms with Crippen molar-refractivity contribution >= 4 is 9.84 Å². The molecule has 1 atom stereocenters. The molecule has 0 bridgehead atoms. The Kier molecular flexibility index (Phi) is 15.3. The highest BCUT2D eigenvalue weighted by molar-refractivity contribution is 7.91. The van der Waals surface area contributed by atoms with Crippen LogP contribution in [0, 0.1) is 6.92 Å². The summed E-state index contributed by atoms with van der Waals surface area (Å²) in [5.41, 5.74) is 1.13. The molecule has 0 aliphatic heterocycles. The molecule has 1 aromatic rings. The van der Waals surface area contributed by atoms with Gasteiger partial charge in [-0.2, -0.15) is 13.2 Å². The third-order valence-electron chi connectivity index (χ3n) is 4.39. The van der Waals surface area contributed by atoms with E-state index in [2.05, 4.69) is 5.32 Å². The van der Waals surface area contributed by atoms with Crippen molar-refractivity contribution in [3.8, 4) is 0 Å². The number of allylic oxidation sites excluding steroid dienone is 2. The van der Waals surface area contributed by atoms with Gasteiger partial charge in [-0.3, -0.25) is 0 Å². The number of hydrogen-bond donors (Lipinski definition) is 1. The molecule has 1 aromatic carbocycles. The number of halogens is 3. The predicted molar refractivity (Wildman–Crippen MR) is 125 cm³/mol. The number of likely N-dealkylation sites (N-methyl/N-ethyl adjacent to an activating group) is 1. The van der Waals surface area contributed by atoms with E-state index in [0.29, 0.717) is 4.90 Å². The zero-order chi connectivity index (χ0) is 24.8. The van der Waals surface area contributed by atoms with Gasteiger partial charge in [-0.1, -0.05) is 57.5 Å². The molecule has 0 aliphatic carbocycles. The summed E-state index contributed by atoms with van der Waals surface area (Å²) in [5.74, 6) is 0.165. The maximum absolute atomic E-state index is 12.8. The molecule has 8 heteroatoms. The Balaban J connectivity index is 0. The molecule has 0 saturated carbocycles. The number of nitrogens with zero attached hydrogens (tertiary/aromatic N) is 1. The van der Waals surface area contributed by atoms with Crippen LogP contribution in [-0.4, -0.2) is 52.4 Å². The highest BCUT2D eigenvalue weighted by Crippen LogP contribution is 2.28. The minimum absolute atomic E-state index is 0.165. The van der Waals surface area contributed by atoms with Gasteiger partial charge in [-0.05, 0) is 45.0 Å². The van der Waals surface area contributed by atoms with Gasteiger partial charge in [-0.15, -0.1) is 0 Å². The van der Waals surface area contributed by atoms with Crippen LogP contribution < -0.4 is 5.32 Å². The summed E-state index contributed by atoms with van der Waals surface area (Å²) in [4.78, 5) is 1.54. The fraction of sp³-hybridized carbons (Fsp3) is 0.565. The van der Waals surface area contributed by atoms with Gasteiger partial charge in [0.05, 0.1) is 10.6 Å². The van der Waals surface area contributed by atoms with Crippen molar-refractivity contribution in [1.29, 1.82) is 0 Å². The molecule has 0 heterocycles. The molecule has 180 valence electrons. The van der Waals surface area contributed by atoms with E-state index in [4.69, 9.17) is 0 Å². The Morgan fingerprint density at radius 2 is 1.68 bits per heavy atom. The number of hydrogen-bond acceptors (Lipinski definition) is 4. The highest BCUT2D eigenvalue weighted by atomic mass is 32.2. The molecule has 0 saturated heterocycles. The van der Waals surface area contributed by atoms with Crippen molar-refractivity contribution in [1.82, 2.24) is 10.2 Å². The first kappa shape index (κ1) is 31.4. The van der Waals surface area contributed by atoms with Crippen LogP contribution in [0.3, 0.4) is 0 Å². The monoisotopic (exact) mass is 464 g/mol. The van der Waals surface area contributed by atoms with Gasteiger partial charge in [0.15, 0.2) is 9.84 Å². The summed E-state index contributed by atoms with van der Waals surface area (Å²) in [6, 6.07) is 6.65. The average Bonchev–Trinajstić information content (AvgIpc) is 2.72. The van der Waals surface area contributed by atoms with E-state index in [-0.39, 0.29) is 11.8 Å². The number of benzene rings is 1. The summed E-state index contributed by atoms with van der Waals surface area (Å²) in [7, 11) is 1.42. The largest absolute Gasteiger partial charge is 0.430 e. The van der Waals surface area contributed by atoms with Gasteiger partial charge in [0.25, 0.3) is 0 Å². The van der Waals surface area contributed by atoms with Crippen LogP contribution in [-0.2, 0) is 9.84 Å². The van der Waals surface area contributed by atoms with E-state index in [9.17, 15) is 21.6 Å². The van der Waals surface area contributed by atoms with Gasteiger partial charge in [0.1, 0.15) is 5.70 Å². The van der Waals surface area contributed by atoms with E-state index in [1.807, 2.05) is 52.8 Å². The lowest BCUT2D eigenvalue weighted by atomic mass is 10.0. The van der Waals surface area contributed by atoms with E-state index in [1.165, 1.54) is 20.2 Å². The zero-order valence-corrected chi connectivity index (χ0v) is 21.1. The van der Waals surface area contributed by atoms with Crippen molar-refractivity contribution < 1.29 is 21.6 Å². The summed E-state index contributed by atoms with van der Waals surface area (Å²) >= 11 is 0. The molecule has 4 nitrogen and oxygen atoms in total. The van der Waals surface area contributed by atoms with Crippen LogP contribution in [0.5, 0.6) is 0 Å². The van der Waals surface area contributed by atoms with E-state index >= 15 is 0 Å². The fourth-order valence-corrected chi connectivity index (χ4v) is 3.85. The molecule has 0 aliphatic rings. The Morgan fingerprint density at radius 1 is 1.16 bits per heavy atom. The maximum Gasteiger partial charge on any atom is 0.430 e. The van der Waals surface area contributed by atoms with Gasteiger partial charge < -0.3 is 10.2 Å². The minimum atomic E-state index is -4.33. The molecular weight excluding hydrogens is 425 g/mol. The summed E-state index contributed by atoms with van der Waals surface area (Å²) in [5, 5.41) is 2.89. The molecular formula is C23H39F3N2O2S. The number of alkyl halides is 3. The average molecular weight is 465 g/mol. The van der Waals surface area contributed by atoms with Crippen LogP contribution >= 0.6 is 0 Å². The first-order chi connectivity index (χ1) is 14.3. The van der Waals surface area contributed by atoms with Crippen LogP contribution in [0.25, 0.3) is 0 Å². The second-order valence-electron chi connectivity index (χ2n) is 6.60. The standard InChI is InChI=1S/C12H21F3N2.C9H12O2S.C2H6/c1-6-9(7-2)10(16-3)8-11(17(4)5)12(13,14)15;1-3-12(10,11)9-7-5-4-6-8(9)2;1-2/h6,8,10,16H,7H2,1-5H3;4-7H,3H2,1-2H3;1-2H3/b9-6-,11-8-;;. The normalized spacial score (nSPS) is 13.4. The predicted octanol–water partition coefficient (Wildman–Crippen LogP) is 5.75. The Morgan fingerprint density at radius 3 is 2.00 bits per heavy atom. The number of nitrogens with one attached hydrogen (secondary N) is 1. The molecule has 1 rings (SSSR count). The third-order valence-corrected chi connectivity index (χ3v) is 6.28. The van der Waals surface area contributed by atoms with Gasteiger partial charge in [0, 0.05) is 20.1 Å². The van der Waals surface area contributed by atoms with E-state index in [0.717, 1.165) is 22.5 Å². The zero-order valence-electron chi connectivity index (χ0n) is 20.3. The molecule has 0 spiro atoms. The smallest absolute Gasteiger partial charge is 0.374 e. The first-order valence-corrected chi connectivity index (χ1v) is 12.1. The van der Waals surface area contributed by atoms with Gasteiger partial charge >= 0.3 is 6.18 Å². The second kappa shape index (κ2) is 15.1. The van der Waals surface area contributed by atoms with Gasteiger partial charge in [0.2, 0.25) is 0 Å². The lowest BCUT2D eigenvalue weighted by Gasteiger charge is -2.23. The minimum Gasteiger partial charge on any atom is -0.374 e. The van der Waals surface area contributed by atoms with Crippen LogP contribution in [0.4, 0.5) is 13.2 Å². The molecule has 0 radical (unpaired) electrons. The summed E-state index contributed by atoms with van der Waals surface area (Å²) in [6.07, 6.45) is -0.539. The van der Waals surface area contributed by atoms with Crippen LogP contribution in [0.1, 0.15) is 46.6 Å². The van der Waals surface area contributed by atoms with Crippen molar-refractivity contribution in [2.24, 2.45) is 0 Å². The van der Waals surface area contributed by atoms with Crippen LogP contribution in [0.15, 0.2) is 52.6 Å². The molecule has 1 unspecified atom stereocenters. The summed E-state index contributed by atoms with van der Waals surface area (Å²) < 4.78 is 61.2.